The molecule has 0 spiro atoms. The number of nitrogens with one attached hydrogen (secondary N) is 2. The summed E-state index contributed by atoms with van der Waals surface area (Å²) in [6, 6.07) is 6.86. The lowest BCUT2D eigenvalue weighted by Crippen LogP contribution is -2.52. The van der Waals surface area contributed by atoms with E-state index in [2.05, 4.69) is 16.7 Å². The second kappa shape index (κ2) is 8.82. The lowest BCUT2D eigenvalue weighted by atomic mass is 9.83. The Labute approximate surface area is 168 Å². The second-order valence-corrected chi connectivity index (χ2v) is 7.13. The van der Waals surface area contributed by atoms with Gasteiger partial charge >= 0.3 is 5.97 Å². The summed E-state index contributed by atoms with van der Waals surface area (Å²) in [5, 5.41) is 14.6. The summed E-state index contributed by atoms with van der Waals surface area (Å²) in [5.74, 6) is -0.753. The van der Waals surface area contributed by atoms with Crippen LogP contribution >= 0.6 is 0 Å². The molecule has 1 aliphatic carbocycles. The van der Waals surface area contributed by atoms with Gasteiger partial charge in [-0.25, -0.2) is 0 Å². The Morgan fingerprint density at radius 2 is 1.93 bits per heavy atom. The molecule has 0 unspecified atom stereocenters. The summed E-state index contributed by atoms with van der Waals surface area (Å²) in [5.41, 5.74) is -0.593. The van der Waals surface area contributed by atoms with Crippen LogP contribution in [0.3, 0.4) is 0 Å². The van der Waals surface area contributed by atoms with Crippen molar-refractivity contribution in [1.82, 2.24) is 10.6 Å². The zero-order chi connectivity index (χ0) is 20.9. The highest BCUT2D eigenvalue weighted by Gasteiger charge is 2.35. The van der Waals surface area contributed by atoms with Gasteiger partial charge in [-0.1, -0.05) is 19.3 Å². The highest BCUT2D eigenvalue weighted by Crippen LogP contribution is 2.32. The number of amides is 2. The van der Waals surface area contributed by atoms with Gasteiger partial charge < -0.3 is 24.8 Å². The number of benzene rings is 1. The smallest absolute Gasteiger partial charge is 0.326 e. The lowest BCUT2D eigenvalue weighted by molar-refractivity contribution is -0.154. The number of rotatable bonds is 6. The monoisotopic (exact) mass is 401 g/mol. The minimum absolute atomic E-state index is 0.0970. The largest absolute Gasteiger partial charge is 0.454 e. The zero-order valence-electron chi connectivity index (χ0n) is 16.2. The van der Waals surface area contributed by atoms with Gasteiger partial charge in [-0.05, 0) is 38.0 Å². The maximum atomic E-state index is 12.3. The lowest BCUT2D eigenvalue weighted by Gasteiger charge is -2.32. The standard InChI is InChI=1S/C20H23N3O6/c1-13(18(25)23-20(11-21)7-3-2-4-8-20)29-17(24)10-22-19(26)14-5-6-15-16(9-14)28-12-27-15/h5-6,9,13H,2-4,7-8,10,12H2,1H3,(H,22,26)(H,23,25)/t13-/m1/s1. The van der Waals surface area contributed by atoms with Crippen molar-refractivity contribution < 1.29 is 28.6 Å². The minimum Gasteiger partial charge on any atom is -0.454 e. The van der Waals surface area contributed by atoms with Gasteiger partial charge in [0.05, 0.1) is 6.07 Å². The van der Waals surface area contributed by atoms with Crippen molar-refractivity contribution in [2.45, 2.75) is 50.7 Å². The number of ether oxygens (including phenoxy) is 3. The van der Waals surface area contributed by atoms with Gasteiger partial charge in [0.15, 0.2) is 17.6 Å². The molecule has 0 bridgehead atoms. The van der Waals surface area contributed by atoms with Crippen LogP contribution in [0.2, 0.25) is 0 Å². The fraction of sp³-hybridized carbons (Fsp3) is 0.500. The fourth-order valence-electron chi connectivity index (χ4n) is 3.34. The maximum Gasteiger partial charge on any atom is 0.326 e. The third kappa shape index (κ3) is 4.96. The molecule has 1 aromatic rings. The first-order chi connectivity index (χ1) is 13.9. The van der Waals surface area contributed by atoms with Crippen molar-refractivity contribution in [2.24, 2.45) is 0 Å². The zero-order valence-corrected chi connectivity index (χ0v) is 16.2. The molecular weight excluding hydrogens is 378 g/mol. The van der Waals surface area contributed by atoms with Crippen molar-refractivity contribution in [3.05, 3.63) is 23.8 Å². The number of hydrogen-bond donors (Lipinski definition) is 2. The summed E-state index contributed by atoms with van der Waals surface area (Å²) in [4.78, 5) is 36.5. The average Bonchev–Trinajstić information content (AvgIpc) is 3.20. The van der Waals surface area contributed by atoms with Gasteiger partial charge in [-0.3, -0.25) is 14.4 Å². The molecule has 2 amide bonds. The number of nitrogens with zero attached hydrogens (tertiary/aromatic N) is 1. The third-order valence-electron chi connectivity index (χ3n) is 4.99. The molecule has 154 valence electrons. The van der Waals surface area contributed by atoms with Gasteiger partial charge in [0.25, 0.3) is 11.8 Å². The number of nitriles is 1. The molecule has 9 heteroatoms. The molecule has 1 heterocycles. The molecule has 1 fully saturated rings. The van der Waals surface area contributed by atoms with Gasteiger partial charge in [0, 0.05) is 5.56 Å². The molecule has 1 aliphatic heterocycles. The SMILES string of the molecule is C[C@@H](OC(=O)CNC(=O)c1ccc2c(c1)OCO2)C(=O)NC1(C#N)CCCCC1. The van der Waals surface area contributed by atoms with Crippen LogP contribution in [0.1, 0.15) is 49.4 Å². The van der Waals surface area contributed by atoms with Crippen molar-refractivity contribution in [3.8, 4) is 17.6 Å². The van der Waals surface area contributed by atoms with Crippen LogP contribution in [-0.2, 0) is 14.3 Å². The number of esters is 1. The summed E-state index contributed by atoms with van der Waals surface area (Å²) in [6.07, 6.45) is 2.87. The predicted molar refractivity (Wildman–Crippen MR) is 100 cm³/mol. The predicted octanol–water partition coefficient (Wildman–Crippen LogP) is 1.42. The number of fused-ring (bicyclic) bond motifs is 1. The van der Waals surface area contributed by atoms with Crippen molar-refractivity contribution in [2.75, 3.05) is 13.3 Å². The Morgan fingerprint density at radius 1 is 1.21 bits per heavy atom. The molecule has 1 saturated carbocycles. The summed E-state index contributed by atoms with van der Waals surface area (Å²) < 4.78 is 15.5. The summed E-state index contributed by atoms with van der Waals surface area (Å²) in [6.45, 7) is 1.13. The van der Waals surface area contributed by atoms with E-state index in [-0.39, 0.29) is 6.79 Å². The van der Waals surface area contributed by atoms with Gasteiger partial charge in [0.1, 0.15) is 12.1 Å². The van der Waals surface area contributed by atoms with E-state index in [0.717, 1.165) is 19.3 Å². The maximum absolute atomic E-state index is 12.3. The van der Waals surface area contributed by atoms with E-state index in [0.29, 0.717) is 29.9 Å². The third-order valence-corrected chi connectivity index (χ3v) is 4.99. The molecule has 1 atom stereocenters. The van der Waals surface area contributed by atoms with Crippen LogP contribution in [0.15, 0.2) is 18.2 Å². The number of carbonyl (C=O) groups excluding carboxylic acids is 3. The van der Waals surface area contributed by atoms with Crippen LogP contribution in [0.4, 0.5) is 0 Å². The Kier molecular flexibility index (Phi) is 6.22. The molecule has 0 radical (unpaired) electrons. The number of carbonyl (C=O) groups is 3. The Morgan fingerprint density at radius 3 is 2.66 bits per heavy atom. The summed E-state index contributed by atoms with van der Waals surface area (Å²) >= 11 is 0. The topological polar surface area (TPSA) is 127 Å². The second-order valence-electron chi connectivity index (χ2n) is 7.13. The highest BCUT2D eigenvalue weighted by atomic mass is 16.7. The molecule has 2 N–H and O–H groups in total. The Hall–Kier alpha value is -3.28. The molecular formula is C20H23N3O6. The van der Waals surface area contributed by atoms with Gasteiger partial charge in [-0.2, -0.15) is 5.26 Å². The van der Waals surface area contributed by atoms with Crippen molar-refractivity contribution in [3.63, 3.8) is 0 Å². The molecule has 0 aromatic heterocycles. The fourth-order valence-corrected chi connectivity index (χ4v) is 3.34. The first kappa shape index (κ1) is 20.5. The molecule has 3 rings (SSSR count). The van der Waals surface area contributed by atoms with Crippen LogP contribution in [0, 0.1) is 11.3 Å². The van der Waals surface area contributed by atoms with E-state index < -0.39 is 36.0 Å². The van der Waals surface area contributed by atoms with Crippen molar-refractivity contribution in [1.29, 1.82) is 5.26 Å². The Balaban J connectivity index is 1.46. The van der Waals surface area contributed by atoms with Crippen LogP contribution in [-0.4, -0.2) is 42.8 Å². The van der Waals surface area contributed by atoms with E-state index in [4.69, 9.17) is 14.2 Å². The van der Waals surface area contributed by atoms with Gasteiger partial charge in [-0.15, -0.1) is 0 Å². The van der Waals surface area contributed by atoms with E-state index in [1.807, 2.05) is 0 Å². The van der Waals surface area contributed by atoms with Crippen LogP contribution < -0.4 is 20.1 Å². The van der Waals surface area contributed by atoms with E-state index in [1.54, 1.807) is 12.1 Å². The molecule has 0 saturated heterocycles. The quantitative estimate of drug-likeness (QED) is 0.690. The van der Waals surface area contributed by atoms with Crippen molar-refractivity contribution >= 4 is 17.8 Å². The van der Waals surface area contributed by atoms with Gasteiger partial charge in [0.2, 0.25) is 6.79 Å². The average molecular weight is 401 g/mol. The highest BCUT2D eigenvalue weighted by molar-refractivity contribution is 5.96. The van der Waals surface area contributed by atoms with Crippen LogP contribution in [0.5, 0.6) is 11.5 Å². The molecule has 9 nitrogen and oxygen atoms in total. The molecule has 1 aromatic carbocycles. The first-order valence-corrected chi connectivity index (χ1v) is 9.53. The van der Waals surface area contributed by atoms with Crippen LogP contribution in [0.25, 0.3) is 0 Å². The normalized spacial score (nSPS) is 17.5. The Bertz CT molecular complexity index is 841. The first-order valence-electron chi connectivity index (χ1n) is 9.53. The van der Waals surface area contributed by atoms with E-state index >= 15 is 0 Å². The minimum atomic E-state index is -1.07. The molecule has 2 aliphatic rings. The summed E-state index contributed by atoms with van der Waals surface area (Å²) in [7, 11) is 0. The number of hydrogen-bond acceptors (Lipinski definition) is 7. The molecule has 29 heavy (non-hydrogen) atoms. The van der Waals surface area contributed by atoms with E-state index in [9.17, 15) is 19.6 Å². The van der Waals surface area contributed by atoms with E-state index in [1.165, 1.54) is 13.0 Å².